The average Bonchev–Trinajstić information content (AvgIpc) is 3.06. The summed E-state index contributed by atoms with van der Waals surface area (Å²) in [5.74, 6) is 0.314. The van der Waals surface area contributed by atoms with Crippen LogP contribution in [0.4, 0.5) is 5.13 Å². The normalized spacial score (nSPS) is 11.3. The number of carbonyl (C=O) groups is 1. The lowest BCUT2D eigenvalue weighted by Crippen LogP contribution is -2.11. The number of rotatable bonds is 4. The number of H-pyrrole nitrogens is 1. The van der Waals surface area contributed by atoms with E-state index in [1.807, 2.05) is 12.1 Å². The Labute approximate surface area is 154 Å². The first kappa shape index (κ1) is 16.6. The fourth-order valence-electron chi connectivity index (χ4n) is 2.20. The molecule has 3 aromatic rings. The Morgan fingerprint density at radius 3 is 2.78 bits per heavy atom. The summed E-state index contributed by atoms with van der Waals surface area (Å²) in [6.45, 7) is 4.25. The number of nitrogens with zero attached hydrogens (tertiary/aromatic N) is 2. The topological polar surface area (TPSA) is 70.7 Å². The first-order valence-electron chi connectivity index (χ1n) is 7.04. The van der Waals surface area contributed by atoms with Crippen LogP contribution in [0.15, 0.2) is 27.3 Å². The molecule has 0 aliphatic heterocycles. The number of benzene rings is 1. The molecule has 1 aromatic carbocycles. The van der Waals surface area contributed by atoms with Crippen molar-refractivity contribution in [2.24, 2.45) is 5.92 Å². The molecule has 1 amide bonds. The first-order valence-corrected chi connectivity index (χ1v) is 9.44. The molecule has 0 aliphatic carbocycles. The number of hydrogen-bond acceptors (Lipinski definition) is 4. The predicted molar refractivity (Wildman–Crippen MR) is 100 cm³/mol. The molecule has 5 nitrogen and oxygen atoms in total. The molecule has 2 N–H and O–H groups in total. The summed E-state index contributed by atoms with van der Waals surface area (Å²) < 4.78 is 1.83. The van der Waals surface area contributed by atoms with Crippen LogP contribution < -0.4 is 5.32 Å². The molecule has 0 unspecified atom stereocenters. The highest BCUT2D eigenvalue weighted by molar-refractivity contribution is 9.13. The SMILES string of the molecule is CC(C)Cc1nnc(NC(=O)c2c[nH]c3cc(Br)c(Br)cc23)s1. The summed E-state index contributed by atoms with van der Waals surface area (Å²) in [4.78, 5) is 15.6. The van der Waals surface area contributed by atoms with Crippen LogP contribution >= 0.6 is 43.2 Å². The number of carbonyl (C=O) groups excluding carboxylic acids is 1. The molecule has 0 fully saturated rings. The second-order valence-electron chi connectivity index (χ2n) is 5.57. The van der Waals surface area contributed by atoms with E-state index in [4.69, 9.17) is 0 Å². The van der Waals surface area contributed by atoms with Gasteiger partial charge in [-0.2, -0.15) is 0 Å². The van der Waals surface area contributed by atoms with E-state index >= 15 is 0 Å². The minimum atomic E-state index is -0.197. The van der Waals surface area contributed by atoms with Gasteiger partial charge in [0.15, 0.2) is 0 Å². The quantitative estimate of drug-likeness (QED) is 0.579. The molecule has 0 bridgehead atoms. The van der Waals surface area contributed by atoms with Crippen LogP contribution in [-0.2, 0) is 6.42 Å². The maximum Gasteiger partial charge on any atom is 0.259 e. The highest BCUT2D eigenvalue weighted by Gasteiger charge is 2.16. The number of aromatic nitrogens is 3. The van der Waals surface area contributed by atoms with E-state index in [0.717, 1.165) is 31.3 Å². The number of nitrogens with one attached hydrogen (secondary N) is 2. The van der Waals surface area contributed by atoms with Crippen LogP contribution in [0.25, 0.3) is 10.9 Å². The lowest BCUT2D eigenvalue weighted by molar-refractivity contribution is 0.102. The van der Waals surface area contributed by atoms with Crippen molar-refractivity contribution in [3.05, 3.63) is 37.8 Å². The van der Waals surface area contributed by atoms with Crippen molar-refractivity contribution in [3.63, 3.8) is 0 Å². The van der Waals surface area contributed by atoms with Gasteiger partial charge in [0.25, 0.3) is 5.91 Å². The maximum absolute atomic E-state index is 12.5. The highest BCUT2D eigenvalue weighted by Crippen LogP contribution is 2.30. The van der Waals surface area contributed by atoms with Crippen molar-refractivity contribution in [2.45, 2.75) is 20.3 Å². The van der Waals surface area contributed by atoms with Crippen LogP contribution in [0.3, 0.4) is 0 Å². The van der Waals surface area contributed by atoms with Gasteiger partial charge in [-0.25, -0.2) is 0 Å². The van der Waals surface area contributed by atoms with Crippen molar-refractivity contribution in [2.75, 3.05) is 5.32 Å². The number of aromatic amines is 1. The molecule has 0 saturated heterocycles. The molecule has 0 saturated carbocycles. The van der Waals surface area contributed by atoms with E-state index in [1.54, 1.807) is 6.20 Å². The fraction of sp³-hybridized carbons (Fsp3) is 0.267. The van der Waals surface area contributed by atoms with Gasteiger partial charge in [0.05, 0.1) is 5.56 Å². The summed E-state index contributed by atoms with van der Waals surface area (Å²) in [5.41, 5.74) is 1.47. The van der Waals surface area contributed by atoms with E-state index in [-0.39, 0.29) is 5.91 Å². The van der Waals surface area contributed by atoms with Gasteiger partial charge in [-0.3, -0.25) is 10.1 Å². The maximum atomic E-state index is 12.5. The molecular formula is C15H14Br2N4OS. The molecule has 2 aromatic heterocycles. The lowest BCUT2D eigenvalue weighted by atomic mass is 10.1. The van der Waals surface area contributed by atoms with E-state index < -0.39 is 0 Å². The summed E-state index contributed by atoms with van der Waals surface area (Å²) >= 11 is 8.34. The number of hydrogen-bond donors (Lipinski definition) is 2. The van der Waals surface area contributed by atoms with Gasteiger partial charge in [-0.1, -0.05) is 25.2 Å². The zero-order chi connectivity index (χ0) is 16.6. The molecule has 0 radical (unpaired) electrons. The molecule has 0 aliphatic rings. The Balaban J connectivity index is 1.83. The van der Waals surface area contributed by atoms with Crippen molar-refractivity contribution < 1.29 is 4.79 Å². The number of fused-ring (bicyclic) bond motifs is 1. The smallest absolute Gasteiger partial charge is 0.259 e. The second-order valence-corrected chi connectivity index (χ2v) is 8.34. The molecule has 23 heavy (non-hydrogen) atoms. The Kier molecular flexibility index (Phi) is 4.84. The zero-order valence-corrected chi connectivity index (χ0v) is 16.5. The fourth-order valence-corrected chi connectivity index (χ4v) is 3.84. The molecule has 3 rings (SSSR count). The molecule has 120 valence electrons. The zero-order valence-electron chi connectivity index (χ0n) is 12.5. The van der Waals surface area contributed by atoms with Crippen LogP contribution in [0.1, 0.15) is 29.2 Å². The third kappa shape index (κ3) is 3.64. The van der Waals surface area contributed by atoms with Crippen LogP contribution in [0.2, 0.25) is 0 Å². The van der Waals surface area contributed by atoms with Crippen molar-refractivity contribution in [3.8, 4) is 0 Å². The highest BCUT2D eigenvalue weighted by atomic mass is 79.9. The number of amides is 1. The Hall–Kier alpha value is -1.25. The van der Waals surface area contributed by atoms with Gasteiger partial charge < -0.3 is 4.98 Å². The average molecular weight is 458 g/mol. The Bertz CT molecular complexity index is 872. The van der Waals surface area contributed by atoms with Gasteiger partial charge in [-0.05, 0) is 49.9 Å². The summed E-state index contributed by atoms with van der Waals surface area (Å²) in [7, 11) is 0. The van der Waals surface area contributed by atoms with E-state index in [1.165, 1.54) is 11.3 Å². The van der Waals surface area contributed by atoms with Crippen molar-refractivity contribution >= 4 is 65.1 Å². The third-order valence-corrected chi connectivity index (χ3v) is 5.94. The minimum absolute atomic E-state index is 0.197. The molecule has 2 heterocycles. The van der Waals surface area contributed by atoms with Gasteiger partial charge in [0.1, 0.15) is 5.01 Å². The summed E-state index contributed by atoms with van der Waals surface area (Å²) in [5, 5.41) is 13.3. The van der Waals surface area contributed by atoms with Gasteiger partial charge in [-0.15, -0.1) is 10.2 Å². The third-order valence-electron chi connectivity index (χ3n) is 3.24. The molecule has 0 atom stereocenters. The van der Waals surface area contributed by atoms with Crippen LogP contribution in [0.5, 0.6) is 0 Å². The van der Waals surface area contributed by atoms with Crippen LogP contribution in [0, 0.1) is 5.92 Å². The second kappa shape index (κ2) is 6.70. The van der Waals surface area contributed by atoms with Gasteiger partial charge in [0, 0.05) is 32.5 Å². The largest absolute Gasteiger partial charge is 0.360 e. The summed E-state index contributed by atoms with van der Waals surface area (Å²) in [6, 6.07) is 3.84. The Morgan fingerprint density at radius 1 is 1.30 bits per heavy atom. The minimum Gasteiger partial charge on any atom is -0.360 e. The van der Waals surface area contributed by atoms with Crippen molar-refractivity contribution in [1.82, 2.24) is 15.2 Å². The van der Waals surface area contributed by atoms with Gasteiger partial charge in [0.2, 0.25) is 5.13 Å². The number of halogens is 2. The molecular weight excluding hydrogens is 444 g/mol. The van der Waals surface area contributed by atoms with Gasteiger partial charge >= 0.3 is 0 Å². The predicted octanol–water partition coefficient (Wildman–Crippen LogP) is 5.00. The van der Waals surface area contributed by atoms with E-state index in [9.17, 15) is 4.79 Å². The summed E-state index contributed by atoms with van der Waals surface area (Å²) in [6.07, 6.45) is 2.57. The Morgan fingerprint density at radius 2 is 2.04 bits per heavy atom. The monoisotopic (exact) mass is 456 g/mol. The molecule has 8 heteroatoms. The van der Waals surface area contributed by atoms with E-state index in [0.29, 0.717) is 16.6 Å². The first-order chi connectivity index (χ1) is 10.9. The molecule has 0 spiro atoms. The lowest BCUT2D eigenvalue weighted by Gasteiger charge is -2.01. The standard InChI is InChI=1S/C15H14Br2N4OS/c1-7(2)3-13-20-21-15(23-13)19-14(22)9-6-18-12-5-11(17)10(16)4-8(9)12/h4-7,18H,3H2,1-2H3,(H,19,21,22). The van der Waals surface area contributed by atoms with Crippen molar-refractivity contribution in [1.29, 1.82) is 0 Å². The van der Waals surface area contributed by atoms with E-state index in [2.05, 4.69) is 66.2 Å². The number of anilines is 1. The van der Waals surface area contributed by atoms with Crippen LogP contribution in [-0.4, -0.2) is 21.1 Å².